The molecule has 1 aliphatic heterocycles. The van der Waals surface area contributed by atoms with Crippen LogP contribution in [-0.2, 0) is 23.9 Å². The zero-order chi connectivity index (χ0) is 23.6. The molecule has 33 heavy (non-hydrogen) atoms. The Morgan fingerprint density at radius 1 is 1.36 bits per heavy atom. The summed E-state index contributed by atoms with van der Waals surface area (Å²) in [6, 6.07) is 3.71. The van der Waals surface area contributed by atoms with Crippen molar-refractivity contribution in [3.8, 4) is 0 Å². The smallest absolute Gasteiger partial charge is 0.407 e. The van der Waals surface area contributed by atoms with Gasteiger partial charge in [-0.2, -0.15) is 18.2 Å². The number of halogens is 3. The van der Waals surface area contributed by atoms with Crippen LogP contribution < -0.4 is 10.2 Å². The van der Waals surface area contributed by atoms with Crippen molar-refractivity contribution >= 4 is 29.2 Å². The van der Waals surface area contributed by atoms with E-state index in [4.69, 9.17) is 15.7 Å². The molecule has 3 aromatic rings. The van der Waals surface area contributed by atoms with Gasteiger partial charge < -0.3 is 14.1 Å². The summed E-state index contributed by atoms with van der Waals surface area (Å²) in [5.74, 6) is -0.187. The SMILES string of the molecule is [C-]#[N+]c1ccc(N2CCc3c(ncnc3Nc3nc(C(=O)OCC)co3)C2)cc1C(F)(F)F. The number of aromatic nitrogens is 3. The Balaban J connectivity index is 1.55. The molecular weight excluding hydrogens is 441 g/mol. The highest BCUT2D eigenvalue weighted by molar-refractivity contribution is 5.87. The summed E-state index contributed by atoms with van der Waals surface area (Å²) in [5, 5.41) is 2.91. The number of esters is 1. The quantitative estimate of drug-likeness (QED) is 0.440. The van der Waals surface area contributed by atoms with E-state index in [2.05, 4.69) is 25.1 Å². The zero-order valence-electron chi connectivity index (χ0n) is 17.3. The minimum Gasteiger partial charge on any atom is -0.461 e. The lowest BCUT2D eigenvalue weighted by atomic mass is 10.0. The lowest BCUT2D eigenvalue weighted by Gasteiger charge is -2.31. The molecule has 0 saturated heterocycles. The van der Waals surface area contributed by atoms with Gasteiger partial charge in [0, 0.05) is 17.8 Å². The second kappa shape index (κ2) is 8.78. The number of ether oxygens (including phenoxy) is 1. The first-order valence-corrected chi connectivity index (χ1v) is 9.86. The van der Waals surface area contributed by atoms with E-state index >= 15 is 0 Å². The van der Waals surface area contributed by atoms with Gasteiger partial charge >= 0.3 is 18.2 Å². The van der Waals surface area contributed by atoms with Crippen LogP contribution in [0.1, 0.15) is 34.2 Å². The van der Waals surface area contributed by atoms with Gasteiger partial charge in [-0.15, -0.1) is 0 Å². The topological polar surface area (TPSA) is 97.7 Å². The van der Waals surface area contributed by atoms with Crippen LogP contribution in [0.2, 0.25) is 0 Å². The minimum atomic E-state index is -4.62. The van der Waals surface area contributed by atoms with Gasteiger partial charge in [0.05, 0.1) is 31.0 Å². The van der Waals surface area contributed by atoms with E-state index in [9.17, 15) is 18.0 Å². The third-order valence-corrected chi connectivity index (χ3v) is 4.99. The molecule has 170 valence electrons. The summed E-state index contributed by atoms with van der Waals surface area (Å²) in [5.41, 5.74) is 0.340. The summed E-state index contributed by atoms with van der Waals surface area (Å²) in [6.07, 6.45) is -1.69. The first-order chi connectivity index (χ1) is 15.8. The van der Waals surface area contributed by atoms with Gasteiger partial charge in [0.2, 0.25) is 0 Å². The number of carbonyl (C=O) groups excluding carboxylic acids is 1. The summed E-state index contributed by atoms with van der Waals surface area (Å²) in [7, 11) is 0. The maximum absolute atomic E-state index is 13.3. The Hall–Kier alpha value is -4.14. The molecule has 0 spiro atoms. The number of nitrogens with zero attached hydrogens (tertiary/aromatic N) is 5. The van der Waals surface area contributed by atoms with Crippen molar-refractivity contribution in [3.05, 3.63) is 64.7 Å². The van der Waals surface area contributed by atoms with E-state index in [0.29, 0.717) is 30.2 Å². The summed E-state index contributed by atoms with van der Waals surface area (Å²) in [4.78, 5) is 29.0. The average Bonchev–Trinajstić information content (AvgIpc) is 3.27. The molecule has 3 heterocycles. The summed E-state index contributed by atoms with van der Waals surface area (Å²) in [6.45, 7) is 9.52. The number of alkyl halides is 3. The Morgan fingerprint density at radius 3 is 2.91 bits per heavy atom. The van der Waals surface area contributed by atoms with Crippen molar-refractivity contribution in [2.45, 2.75) is 26.1 Å². The second-order valence-electron chi connectivity index (χ2n) is 7.01. The molecule has 0 fully saturated rings. The molecule has 9 nitrogen and oxygen atoms in total. The number of nitrogens with one attached hydrogen (secondary N) is 1. The molecule has 0 bridgehead atoms. The van der Waals surface area contributed by atoms with Gasteiger partial charge in [0.15, 0.2) is 11.4 Å². The lowest BCUT2D eigenvalue weighted by Crippen LogP contribution is -2.32. The van der Waals surface area contributed by atoms with Crippen molar-refractivity contribution in [2.75, 3.05) is 23.4 Å². The Bertz CT molecular complexity index is 1230. The third-order valence-electron chi connectivity index (χ3n) is 4.99. The van der Waals surface area contributed by atoms with Gasteiger partial charge in [-0.1, -0.05) is 6.07 Å². The molecule has 1 aromatic carbocycles. The van der Waals surface area contributed by atoms with E-state index in [0.717, 1.165) is 11.6 Å². The molecule has 1 N–H and O–H groups in total. The van der Waals surface area contributed by atoms with Crippen LogP contribution in [0.3, 0.4) is 0 Å². The average molecular weight is 458 g/mol. The number of carbonyl (C=O) groups is 1. The van der Waals surface area contributed by atoms with Crippen molar-refractivity contribution in [3.63, 3.8) is 0 Å². The predicted octanol–water partition coefficient (Wildman–Crippen LogP) is 4.52. The number of benzene rings is 1. The molecule has 0 saturated carbocycles. The molecule has 0 unspecified atom stereocenters. The van der Waals surface area contributed by atoms with E-state index < -0.39 is 23.4 Å². The molecule has 0 radical (unpaired) electrons. The second-order valence-corrected chi connectivity index (χ2v) is 7.01. The number of hydrogen-bond acceptors (Lipinski definition) is 8. The van der Waals surface area contributed by atoms with Crippen molar-refractivity contribution in [1.29, 1.82) is 0 Å². The van der Waals surface area contributed by atoms with E-state index in [1.807, 2.05) is 0 Å². The number of fused-ring (bicyclic) bond motifs is 1. The first-order valence-electron chi connectivity index (χ1n) is 9.86. The van der Waals surface area contributed by atoms with Gasteiger partial charge in [-0.25, -0.2) is 19.6 Å². The van der Waals surface area contributed by atoms with Crippen molar-refractivity contribution in [1.82, 2.24) is 15.0 Å². The van der Waals surface area contributed by atoms with Crippen LogP contribution in [0.4, 0.5) is 36.4 Å². The van der Waals surface area contributed by atoms with E-state index in [1.165, 1.54) is 24.7 Å². The van der Waals surface area contributed by atoms with Crippen LogP contribution >= 0.6 is 0 Å². The van der Waals surface area contributed by atoms with Crippen LogP contribution in [-0.4, -0.2) is 34.1 Å². The number of hydrogen-bond donors (Lipinski definition) is 1. The predicted molar refractivity (Wildman–Crippen MR) is 110 cm³/mol. The van der Waals surface area contributed by atoms with E-state index in [-0.39, 0.29) is 24.9 Å². The maximum Gasteiger partial charge on any atom is 0.407 e. The monoisotopic (exact) mass is 458 g/mol. The van der Waals surface area contributed by atoms with Crippen molar-refractivity contribution in [2.24, 2.45) is 0 Å². The lowest BCUT2D eigenvalue weighted by molar-refractivity contribution is -0.136. The Kier molecular flexibility index (Phi) is 5.87. The fourth-order valence-corrected chi connectivity index (χ4v) is 3.46. The molecule has 4 rings (SSSR count). The highest BCUT2D eigenvalue weighted by Gasteiger charge is 2.34. The summed E-state index contributed by atoms with van der Waals surface area (Å²) < 4.78 is 50.2. The van der Waals surface area contributed by atoms with Gasteiger partial charge in [0.25, 0.3) is 0 Å². The Labute approximate surface area is 186 Å². The molecular formula is C21H17F3N6O3. The molecule has 0 amide bonds. The largest absolute Gasteiger partial charge is 0.461 e. The molecule has 2 aromatic heterocycles. The number of rotatable bonds is 5. The van der Waals surface area contributed by atoms with Gasteiger partial charge in [0.1, 0.15) is 18.4 Å². The third kappa shape index (κ3) is 4.57. The molecule has 12 heteroatoms. The number of anilines is 3. The van der Waals surface area contributed by atoms with Crippen LogP contribution in [0.15, 0.2) is 35.2 Å². The normalized spacial score (nSPS) is 13.2. The van der Waals surface area contributed by atoms with Crippen LogP contribution in [0.5, 0.6) is 0 Å². The molecule has 0 atom stereocenters. The fourth-order valence-electron chi connectivity index (χ4n) is 3.46. The van der Waals surface area contributed by atoms with Gasteiger partial charge in [-0.05, 0) is 25.5 Å². The van der Waals surface area contributed by atoms with Crippen LogP contribution in [0.25, 0.3) is 4.85 Å². The van der Waals surface area contributed by atoms with E-state index in [1.54, 1.807) is 11.8 Å². The fraction of sp³-hybridized carbons (Fsp3) is 0.286. The minimum absolute atomic E-state index is 0.0109. The molecule has 1 aliphatic rings. The standard InChI is InChI=1S/C21H17F3N6O3/c1-3-32-19(31)17-10-33-20(28-17)29-18-13-6-7-30(9-16(13)26-11-27-18)12-4-5-15(25-2)14(8-12)21(22,23)24/h4-5,8,10-11H,3,6-7,9H2,1H3,(H,26,27,28,29). The highest BCUT2D eigenvalue weighted by atomic mass is 19.4. The van der Waals surface area contributed by atoms with Crippen molar-refractivity contribution < 1.29 is 27.1 Å². The Morgan fingerprint density at radius 2 is 2.18 bits per heavy atom. The van der Waals surface area contributed by atoms with Crippen LogP contribution in [0, 0.1) is 6.57 Å². The summed E-state index contributed by atoms with van der Waals surface area (Å²) >= 11 is 0. The molecule has 0 aliphatic carbocycles. The highest BCUT2D eigenvalue weighted by Crippen LogP contribution is 2.39. The zero-order valence-corrected chi connectivity index (χ0v) is 17.3. The number of oxazole rings is 1. The first kappa shape index (κ1) is 22.1. The maximum atomic E-state index is 13.3. The van der Waals surface area contributed by atoms with Gasteiger partial charge in [-0.3, -0.25) is 5.32 Å².